The maximum absolute atomic E-state index is 12.0. The van der Waals surface area contributed by atoms with Crippen molar-refractivity contribution in [3.63, 3.8) is 0 Å². The van der Waals surface area contributed by atoms with Gasteiger partial charge in [-0.3, -0.25) is 19.8 Å². The van der Waals surface area contributed by atoms with Crippen molar-refractivity contribution in [2.45, 2.75) is 32.5 Å². The van der Waals surface area contributed by atoms with E-state index >= 15 is 0 Å². The molecule has 5 N–H and O–H groups in total. The van der Waals surface area contributed by atoms with Crippen LogP contribution in [-0.2, 0) is 25.7 Å². The molecule has 0 saturated heterocycles. The average Bonchev–Trinajstić information content (AvgIpc) is 2.60. The summed E-state index contributed by atoms with van der Waals surface area (Å²) in [6.45, 7) is 2.45. The number of carboxylic acid groups (broad SMARTS) is 1. The molecule has 1 aromatic carbocycles. The van der Waals surface area contributed by atoms with E-state index in [1.807, 2.05) is 18.2 Å². The molecule has 1 rings (SSSR count). The Morgan fingerprint density at radius 1 is 1.00 bits per heavy atom. The summed E-state index contributed by atoms with van der Waals surface area (Å²) < 4.78 is 5.00. The predicted molar refractivity (Wildman–Crippen MR) is 90.6 cm³/mol. The van der Waals surface area contributed by atoms with E-state index in [2.05, 4.69) is 21.5 Å². The summed E-state index contributed by atoms with van der Waals surface area (Å²) in [5.74, 6) is -2.37. The molecule has 2 unspecified atom stereocenters. The maximum atomic E-state index is 12.0. The Morgan fingerprint density at radius 2 is 1.62 bits per heavy atom. The van der Waals surface area contributed by atoms with Crippen molar-refractivity contribution in [2.75, 3.05) is 6.54 Å². The Balaban J connectivity index is 2.33. The normalized spacial score (nSPS) is 12.4. The monoisotopic (exact) mass is 366 g/mol. The number of carboxylic acids is 1. The Labute approximate surface area is 150 Å². The summed E-state index contributed by atoms with van der Waals surface area (Å²) in [7, 11) is 0. The van der Waals surface area contributed by atoms with Crippen molar-refractivity contribution in [1.82, 2.24) is 21.5 Å². The van der Waals surface area contributed by atoms with Crippen LogP contribution in [0.4, 0.5) is 4.79 Å². The van der Waals surface area contributed by atoms with Gasteiger partial charge in [0, 0.05) is 0 Å². The smallest absolute Gasteiger partial charge is 0.408 e. The number of hydrogen-bond donors (Lipinski definition) is 5. The van der Waals surface area contributed by atoms with Crippen molar-refractivity contribution < 1.29 is 29.0 Å². The van der Waals surface area contributed by atoms with E-state index in [1.165, 1.54) is 13.8 Å². The van der Waals surface area contributed by atoms with E-state index in [0.29, 0.717) is 0 Å². The van der Waals surface area contributed by atoms with Crippen molar-refractivity contribution in [3.05, 3.63) is 35.9 Å². The summed E-state index contributed by atoms with van der Waals surface area (Å²) in [4.78, 5) is 45.7. The lowest BCUT2D eigenvalue weighted by Gasteiger charge is -2.18. The summed E-state index contributed by atoms with van der Waals surface area (Å²) in [5.41, 5.74) is 5.14. The van der Waals surface area contributed by atoms with E-state index in [1.54, 1.807) is 12.1 Å². The molecule has 0 aliphatic rings. The fourth-order valence-corrected chi connectivity index (χ4v) is 1.73. The van der Waals surface area contributed by atoms with E-state index < -0.39 is 42.5 Å². The Bertz CT molecular complexity index is 637. The number of ether oxygens (including phenoxy) is 1. The number of carbonyl (C=O) groups is 4. The number of rotatable bonds is 9. The third-order valence-corrected chi connectivity index (χ3v) is 3.14. The summed E-state index contributed by atoms with van der Waals surface area (Å²) in [5, 5.41) is 13.2. The fourth-order valence-electron chi connectivity index (χ4n) is 1.73. The molecule has 0 radical (unpaired) electrons. The first-order valence-electron chi connectivity index (χ1n) is 7.81. The number of hydrazine groups is 1. The third-order valence-electron chi connectivity index (χ3n) is 3.14. The number of hydrogen-bond acceptors (Lipinski definition) is 6. The molecular weight excluding hydrogens is 344 g/mol. The van der Waals surface area contributed by atoms with Crippen LogP contribution < -0.4 is 21.5 Å². The molecule has 0 aromatic heterocycles. The second kappa shape index (κ2) is 10.7. The lowest BCUT2D eigenvalue weighted by molar-refractivity contribution is -0.136. The molecular formula is C16H22N4O6. The van der Waals surface area contributed by atoms with Crippen LogP contribution in [0.5, 0.6) is 0 Å². The molecule has 0 heterocycles. The van der Waals surface area contributed by atoms with Crippen molar-refractivity contribution in [3.8, 4) is 0 Å². The Kier molecular flexibility index (Phi) is 8.58. The zero-order valence-corrected chi connectivity index (χ0v) is 14.4. The zero-order chi connectivity index (χ0) is 19.5. The number of carbonyl (C=O) groups excluding carboxylic acids is 3. The van der Waals surface area contributed by atoms with E-state index in [9.17, 15) is 19.2 Å². The first-order valence-corrected chi connectivity index (χ1v) is 7.81. The van der Waals surface area contributed by atoms with Gasteiger partial charge in [0.1, 0.15) is 25.2 Å². The number of aliphatic carboxylic acids is 1. The van der Waals surface area contributed by atoms with E-state index in [0.717, 1.165) is 5.56 Å². The minimum atomic E-state index is -1.14. The van der Waals surface area contributed by atoms with Crippen LogP contribution in [0.3, 0.4) is 0 Å². The molecule has 10 heteroatoms. The molecule has 0 bridgehead atoms. The molecule has 142 valence electrons. The molecule has 0 saturated carbocycles. The number of benzene rings is 1. The van der Waals surface area contributed by atoms with Gasteiger partial charge in [-0.15, -0.1) is 0 Å². The van der Waals surface area contributed by atoms with Crippen LogP contribution >= 0.6 is 0 Å². The second-order valence-corrected chi connectivity index (χ2v) is 5.39. The third kappa shape index (κ3) is 8.11. The highest BCUT2D eigenvalue weighted by molar-refractivity contribution is 5.90. The molecule has 0 spiro atoms. The van der Waals surface area contributed by atoms with Gasteiger partial charge in [0.05, 0.1) is 0 Å². The van der Waals surface area contributed by atoms with Crippen LogP contribution in [0.25, 0.3) is 0 Å². The van der Waals surface area contributed by atoms with Gasteiger partial charge in [0.2, 0.25) is 5.91 Å². The van der Waals surface area contributed by atoms with Crippen molar-refractivity contribution >= 4 is 23.9 Å². The predicted octanol–water partition coefficient (Wildman–Crippen LogP) is -0.489. The van der Waals surface area contributed by atoms with Gasteiger partial charge < -0.3 is 20.5 Å². The number of alkyl carbamates (subject to hydrolysis) is 1. The summed E-state index contributed by atoms with van der Waals surface area (Å²) in [6, 6.07) is 7.18. The van der Waals surface area contributed by atoms with Crippen LogP contribution in [0, 0.1) is 0 Å². The van der Waals surface area contributed by atoms with Gasteiger partial charge in [0.25, 0.3) is 5.91 Å². The number of nitrogens with one attached hydrogen (secondary N) is 4. The van der Waals surface area contributed by atoms with Gasteiger partial charge in [-0.1, -0.05) is 30.3 Å². The lowest BCUT2D eigenvalue weighted by atomic mass is 10.2. The minimum absolute atomic E-state index is 0.0646. The summed E-state index contributed by atoms with van der Waals surface area (Å²) >= 11 is 0. The minimum Gasteiger partial charge on any atom is -0.480 e. The highest BCUT2D eigenvalue weighted by Gasteiger charge is 2.21. The molecule has 1 aromatic rings. The molecule has 0 aliphatic carbocycles. The second-order valence-electron chi connectivity index (χ2n) is 5.39. The van der Waals surface area contributed by atoms with Crippen LogP contribution in [0.1, 0.15) is 19.4 Å². The lowest BCUT2D eigenvalue weighted by Crippen LogP contribution is -2.54. The fraction of sp³-hybridized carbons (Fsp3) is 0.375. The van der Waals surface area contributed by atoms with Gasteiger partial charge in [-0.2, -0.15) is 0 Å². The molecule has 3 amide bonds. The highest BCUT2D eigenvalue weighted by Crippen LogP contribution is 2.00. The zero-order valence-electron chi connectivity index (χ0n) is 14.4. The first kappa shape index (κ1) is 20.9. The number of amides is 3. The van der Waals surface area contributed by atoms with Crippen LogP contribution in [0.2, 0.25) is 0 Å². The van der Waals surface area contributed by atoms with Gasteiger partial charge >= 0.3 is 12.1 Å². The molecule has 2 atom stereocenters. The van der Waals surface area contributed by atoms with Crippen LogP contribution in [-0.4, -0.2) is 47.6 Å². The average molecular weight is 366 g/mol. The van der Waals surface area contributed by atoms with E-state index in [-0.39, 0.29) is 6.61 Å². The van der Waals surface area contributed by atoms with Crippen molar-refractivity contribution in [1.29, 1.82) is 0 Å². The first-order chi connectivity index (χ1) is 12.3. The summed E-state index contributed by atoms with van der Waals surface area (Å²) in [6.07, 6.45) is -0.767. The van der Waals surface area contributed by atoms with Crippen molar-refractivity contribution in [2.24, 2.45) is 0 Å². The van der Waals surface area contributed by atoms with Gasteiger partial charge in [0.15, 0.2) is 0 Å². The Morgan fingerprint density at radius 3 is 2.23 bits per heavy atom. The van der Waals surface area contributed by atoms with E-state index in [4.69, 9.17) is 9.84 Å². The molecule has 0 aliphatic heterocycles. The maximum Gasteiger partial charge on any atom is 0.408 e. The molecule has 0 fully saturated rings. The SMILES string of the molecule is CC(NC(=O)OCc1ccccc1)C(=O)NC(C)C(=O)NNCC(=O)O. The molecule has 26 heavy (non-hydrogen) atoms. The van der Waals surface area contributed by atoms with Gasteiger partial charge in [-0.05, 0) is 19.4 Å². The van der Waals surface area contributed by atoms with Gasteiger partial charge in [-0.25, -0.2) is 10.2 Å². The molecule has 10 nitrogen and oxygen atoms in total. The van der Waals surface area contributed by atoms with Crippen LogP contribution in [0.15, 0.2) is 30.3 Å². The largest absolute Gasteiger partial charge is 0.480 e. The standard InChI is InChI=1S/C16H22N4O6/c1-10(19-16(25)26-9-12-6-4-3-5-7-12)14(23)18-11(2)15(24)20-17-8-13(21)22/h3-7,10-11,17H,8-9H2,1-2H3,(H,18,23)(H,19,25)(H,20,24)(H,21,22). The quantitative estimate of drug-likeness (QED) is 0.371. The Hall–Kier alpha value is -3.14. The topological polar surface area (TPSA) is 146 Å². The highest BCUT2D eigenvalue weighted by atomic mass is 16.5.